The molecule has 2 rings (SSSR count). The molecule has 6 nitrogen and oxygen atoms in total. The van der Waals surface area contributed by atoms with Crippen LogP contribution in [-0.4, -0.2) is 45.2 Å². The molecule has 0 aromatic carbocycles. The van der Waals surface area contributed by atoms with E-state index in [0.717, 1.165) is 5.69 Å². The maximum Gasteiger partial charge on any atom is 0.308 e. The molecule has 2 atom stereocenters. The Bertz CT molecular complexity index is 475. The summed E-state index contributed by atoms with van der Waals surface area (Å²) in [5.74, 6) is -1.45. The van der Waals surface area contributed by atoms with Crippen LogP contribution < -0.4 is 0 Å². The summed E-state index contributed by atoms with van der Waals surface area (Å²) >= 11 is 0. The van der Waals surface area contributed by atoms with Crippen LogP contribution in [0.25, 0.3) is 0 Å². The summed E-state index contributed by atoms with van der Waals surface area (Å²) in [6.07, 6.45) is 0. The molecule has 1 saturated heterocycles. The predicted molar refractivity (Wildman–Crippen MR) is 64.3 cm³/mol. The number of amides is 1. The summed E-state index contributed by atoms with van der Waals surface area (Å²) in [7, 11) is 0. The van der Waals surface area contributed by atoms with Crippen molar-refractivity contribution < 1.29 is 14.7 Å². The molecule has 0 saturated carbocycles. The van der Waals surface area contributed by atoms with E-state index < -0.39 is 11.9 Å². The molecule has 0 aliphatic carbocycles. The average Bonchev–Trinajstić information content (AvgIpc) is 2.82. The number of nitrogens with zero attached hydrogens (tertiary/aromatic N) is 2. The number of likely N-dealkylation sites (tertiary alicyclic amines) is 1. The molecule has 1 aliphatic rings. The molecular weight excluding hydrogens is 234 g/mol. The molecular formula is C12H17N3O3. The van der Waals surface area contributed by atoms with Crippen LogP contribution in [-0.2, 0) is 4.79 Å². The Kier molecular flexibility index (Phi) is 3.11. The van der Waals surface area contributed by atoms with Crippen LogP contribution in [0.2, 0.25) is 0 Å². The molecule has 0 bridgehead atoms. The van der Waals surface area contributed by atoms with Gasteiger partial charge in [-0.2, -0.15) is 5.10 Å². The number of aliphatic carboxylic acids is 1. The first kappa shape index (κ1) is 12.6. The number of aromatic nitrogens is 2. The van der Waals surface area contributed by atoms with Crippen LogP contribution in [0.15, 0.2) is 0 Å². The first-order valence-corrected chi connectivity index (χ1v) is 5.95. The molecule has 0 unspecified atom stereocenters. The van der Waals surface area contributed by atoms with Crippen LogP contribution in [0, 0.1) is 25.7 Å². The third kappa shape index (κ3) is 1.98. The second-order valence-corrected chi connectivity index (χ2v) is 4.94. The van der Waals surface area contributed by atoms with E-state index >= 15 is 0 Å². The normalized spacial score (nSPS) is 23.4. The van der Waals surface area contributed by atoms with Crippen LogP contribution in [0.1, 0.15) is 28.7 Å². The lowest BCUT2D eigenvalue weighted by molar-refractivity contribution is -0.142. The third-order valence-electron chi connectivity index (χ3n) is 3.56. The second kappa shape index (κ2) is 4.44. The number of carbonyl (C=O) groups excluding carboxylic acids is 1. The highest BCUT2D eigenvalue weighted by atomic mass is 16.4. The Labute approximate surface area is 105 Å². The van der Waals surface area contributed by atoms with Gasteiger partial charge in [0.25, 0.3) is 5.91 Å². The molecule has 98 valence electrons. The van der Waals surface area contributed by atoms with Gasteiger partial charge in [-0.15, -0.1) is 0 Å². The van der Waals surface area contributed by atoms with E-state index in [0.29, 0.717) is 17.8 Å². The van der Waals surface area contributed by atoms with Gasteiger partial charge in [0, 0.05) is 18.8 Å². The van der Waals surface area contributed by atoms with Crippen molar-refractivity contribution in [2.75, 3.05) is 13.1 Å². The van der Waals surface area contributed by atoms with Crippen molar-refractivity contribution in [2.24, 2.45) is 11.8 Å². The molecule has 1 aromatic rings. The Morgan fingerprint density at radius 3 is 2.50 bits per heavy atom. The van der Waals surface area contributed by atoms with Gasteiger partial charge in [-0.3, -0.25) is 14.7 Å². The van der Waals surface area contributed by atoms with Crippen molar-refractivity contribution in [3.63, 3.8) is 0 Å². The number of aromatic amines is 1. The Hall–Kier alpha value is -1.85. The number of carbonyl (C=O) groups is 2. The lowest BCUT2D eigenvalue weighted by atomic mass is 9.99. The lowest BCUT2D eigenvalue weighted by Crippen LogP contribution is -2.30. The molecule has 0 radical (unpaired) electrons. The Balaban J connectivity index is 2.20. The Morgan fingerprint density at radius 2 is 2.06 bits per heavy atom. The van der Waals surface area contributed by atoms with Gasteiger partial charge in [0.2, 0.25) is 0 Å². The average molecular weight is 251 g/mol. The van der Waals surface area contributed by atoms with Crippen LogP contribution >= 0.6 is 0 Å². The van der Waals surface area contributed by atoms with Gasteiger partial charge < -0.3 is 10.0 Å². The lowest BCUT2D eigenvalue weighted by Gasteiger charge is -2.15. The number of rotatable bonds is 2. The summed E-state index contributed by atoms with van der Waals surface area (Å²) in [4.78, 5) is 25.0. The molecule has 1 amide bonds. The van der Waals surface area contributed by atoms with Crippen LogP contribution in [0.3, 0.4) is 0 Å². The van der Waals surface area contributed by atoms with E-state index in [1.807, 2.05) is 6.92 Å². The number of aryl methyl sites for hydroxylation is 2. The number of carboxylic acid groups (broad SMARTS) is 1. The number of nitrogens with one attached hydrogen (secondary N) is 1. The van der Waals surface area contributed by atoms with Gasteiger partial charge in [0.05, 0.1) is 17.2 Å². The third-order valence-corrected chi connectivity index (χ3v) is 3.56. The highest BCUT2D eigenvalue weighted by molar-refractivity contribution is 5.96. The highest BCUT2D eigenvalue weighted by Gasteiger charge is 2.38. The van der Waals surface area contributed by atoms with Crippen molar-refractivity contribution >= 4 is 11.9 Å². The zero-order valence-corrected chi connectivity index (χ0v) is 10.7. The molecule has 0 spiro atoms. The van der Waals surface area contributed by atoms with Crippen molar-refractivity contribution in [1.29, 1.82) is 0 Å². The van der Waals surface area contributed by atoms with Gasteiger partial charge in [-0.1, -0.05) is 6.92 Å². The van der Waals surface area contributed by atoms with Gasteiger partial charge in [0.1, 0.15) is 0 Å². The second-order valence-electron chi connectivity index (χ2n) is 4.94. The molecule has 1 fully saturated rings. The van der Waals surface area contributed by atoms with Gasteiger partial charge in [0.15, 0.2) is 0 Å². The molecule has 2 heterocycles. The van der Waals surface area contributed by atoms with Gasteiger partial charge in [-0.05, 0) is 19.8 Å². The van der Waals surface area contributed by atoms with Crippen LogP contribution in [0.4, 0.5) is 0 Å². The summed E-state index contributed by atoms with van der Waals surface area (Å²) < 4.78 is 0. The minimum absolute atomic E-state index is 0.0148. The summed E-state index contributed by atoms with van der Waals surface area (Å²) in [5, 5.41) is 15.8. The molecule has 1 aromatic heterocycles. The molecule has 6 heteroatoms. The monoisotopic (exact) mass is 251 g/mol. The largest absolute Gasteiger partial charge is 0.481 e. The fraction of sp³-hybridized carbons (Fsp3) is 0.583. The Morgan fingerprint density at radius 1 is 1.39 bits per heavy atom. The van der Waals surface area contributed by atoms with Crippen LogP contribution in [0.5, 0.6) is 0 Å². The van der Waals surface area contributed by atoms with Gasteiger partial charge >= 0.3 is 5.97 Å². The van der Waals surface area contributed by atoms with E-state index in [4.69, 9.17) is 5.11 Å². The van der Waals surface area contributed by atoms with Gasteiger partial charge in [-0.25, -0.2) is 0 Å². The zero-order chi connectivity index (χ0) is 13.4. The summed E-state index contributed by atoms with van der Waals surface area (Å²) in [5.41, 5.74) is 1.95. The highest BCUT2D eigenvalue weighted by Crippen LogP contribution is 2.25. The quantitative estimate of drug-likeness (QED) is 0.814. The zero-order valence-electron chi connectivity index (χ0n) is 10.7. The van der Waals surface area contributed by atoms with E-state index in [1.165, 1.54) is 0 Å². The van der Waals surface area contributed by atoms with E-state index in [1.54, 1.807) is 18.7 Å². The van der Waals surface area contributed by atoms with Crippen molar-refractivity contribution in [1.82, 2.24) is 15.1 Å². The minimum Gasteiger partial charge on any atom is -0.481 e. The maximum atomic E-state index is 12.3. The predicted octanol–water partition coefficient (Wildman–Crippen LogP) is 0.819. The first-order chi connectivity index (χ1) is 8.41. The topological polar surface area (TPSA) is 86.3 Å². The fourth-order valence-electron chi connectivity index (χ4n) is 2.48. The SMILES string of the molecule is Cc1n[nH]c(C)c1C(=O)N1C[C@@H](C)[C@H](C(=O)O)C1. The molecule has 18 heavy (non-hydrogen) atoms. The van der Waals surface area contributed by atoms with E-state index in [2.05, 4.69) is 10.2 Å². The van der Waals surface area contributed by atoms with Crippen molar-refractivity contribution in [3.05, 3.63) is 17.0 Å². The standard InChI is InChI=1S/C12H17N3O3/c1-6-4-15(5-9(6)12(17)18)11(16)10-7(2)13-14-8(10)3/h6,9H,4-5H2,1-3H3,(H,13,14)(H,17,18)/t6-,9-/m1/s1. The minimum atomic E-state index is -0.835. The summed E-state index contributed by atoms with van der Waals surface area (Å²) in [6, 6.07) is 0. The first-order valence-electron chi connectivity index (χ1n) is 5.95. The smallest absolute Gasteiger partial charge is 0.308 e. The molecule has 2 N–H and O–H groups in total. The maximum absolute atomic E-state index is 12.3. The number of hydrogen-bond donors (Lipinski definition) is 2. The van der Waals surface area contributed by atoms with E-state index in [-0.39, 0.29) is 18.4 Å². The van der Waals surface area contributed by atoms with E-state index in [9.17, 15) is 9.59 Å². The molecule has 1 aliphatic heterocycles. The number of hydrogen-bond acceptors (Lipinski definition) is 3. The number of H-pyrrole nitrogens is 1. The van der Waals surface area contributed by atoms with Crippen molar-refractivity contribution in [3.8, 4) is 0 Å². The number of carboxylic acids is 1. The fourth-order valence-corrected chi connectivity index (χ4v) is 2.48. The summed E-state index contributed by atoms with van der Waals surface area (Å²) in [6.45, 7) is 6.19. The van der Waals surface area contributed by atoms with Crippen molar-refractivity contribution in [2.45, 2.75) is 20.8 Å².